The van der Waals surface area contributed by atoms with E-state index < -0.39 is 0 Å². The van der Waals surface area contributed by atoms with Crippen molar-refractivity contribution in [2.75, 3.05) is 26.1 Å². The van der Waals surface area contributed by atoms with Crippen LogP contribution >= 0.6 is 24.0 Å². The van der Waals surface area contributed by atoms with E-state index in [1.165, 1.54) is 5.56 Å². The van der Waals surface area contributed by atoms with Crippen LogP contribution in [0.5, 0.6) is 11.5 Å². The molecule has 0 aliphatic heterocycles. The Hall–Kier alpha value is -1.97. The van der Waals surface area contributed by atoms with Crippen molar-refractivity contribution in [2.24, 2.45) is 12.0 Å². The number of benzene rings is 1. The molecule has 0 unspecified atom stereocenters. The highest BCUT2D eigenvalue weighted by Gasteiger charge is 2.11. The molecule has 1 aromatic heterocycles. The van der Waals surface area contributed by atoms with Crippen LogP contribution in [-0.4, -0.2) is 36.5 Å². The molecule has 0 bridgehead atoms. The van der Waals surface area contributed by atoms with E-state index >= 15 is 0 Å². The van der Waals surface area contributed by atoms with Gasteiger partial charge in [0, 0.05) is 43.7 Å². The molecule has 0 spiro atoms. The third-order valence-electron chi connectivity index (χ3n) is 4.04. The highest BCUT2D eigenvalue weighted by molar-refractivity contribution is 14.0. The number of ether oxygens (including phenoxy) is 2. The van der Waals surface area contributed by atoms with Crippen LogP contribution in [0.1, 0.15) is 23.9 Å². The molecule has 0 fully saturated rings. The van der Waals surface area contributed by atoms with Gasteiger partial charge in [0.15, 0.2) is 17.5 Å². The average Bonchev–Trinajstić information content (AvgIpc) is 2.84. The molecule has 1 heterocycles. The van der Waals surface area contributed by atoms with E-state index in [0.717, 1.165) is 17.1 Å². The van der Waals surface area contributed by atoms with Gasteiger partial charge in [-0.1, -0.05) is 0 Å². The second kappa shape index (κ2) is 10.2. The third-order valence-corrected chi connectivity index (χ3v) is 4.04. The molecule has 0 radical (unpaired) electrons. The Morgan fingerprint density at radius 2 is 2.00 bits per heavy atom. The zero-order valence-electron chi connectivity index (χ0n) is 16.2. The maximum absolute atomic E-state index is 5.61. The second-order valence-electron chi connectivity index (χ2n) is 5.62. The van der Waals surface area contributed by atoms with Crippen LogP contribution in [0.25, 0.3) is 0 Å². The summed E-state index contributed by atoms with van der Waals surface area (Å²) in [6.07, 6.45) is 0. The first-order valence-electron chi connectivity index (χ1n) is 8.27. The SMILES string of the molecule is CCOc1cc(NC(=NC)NCc2c(C)nn(C)c2C)ccc1OC.I. The van der Waals surface area contributed by atoms with Gasteiger partial charge in [-0.05, 0) is 32.9 Å². The van der Waals surface area contributed by atoms with E-state index in [-0.39, 0.29) is 24.0 Å². The number of nitrogens with one attached hydrogen (secondary N) is 2. The molecule has 0 saturated heterocycles. The molecule has 0 atom stereocenters. The maximum Gasteiger partial charge on any atom is 0.195 e. The predicted molar refractivity (Wildman–Crippen MR) is 116 cm³/mol. The number of guanidine groups is 1. The molecule has 0 aliphatic carbocycles. The van der Waals surface area contributed by atoms with E-state index in [4.69, 9.17) is 9.47 Å². The van der Waals surface area contributed by atoms with Gasteiger partial charge in [0.05, 0.1) is 19.4 Å². The number of nitrogens with zero attached hydrogens (tertiary/aromatic N) is 3. The standard InChI is InChI=1S/C18H27N5O2.HI/c1-7-25-17-10-14(8-9-16(17)24-6)21-18(19-4)20-11-15-12(2)22-23(5)13(15)3;/h8-10H,7,11H2,1-6H3,(H2,19,20,21);1H. The van der Waals surface area contributed by atoms with E-state index in [1.807, 2.05) is 43.8 Å². The first kappa shape index (κ1) is 22.1. The lowest BCUT2D eigenvalue weighted by Gasteiger charge is -2.15. The van der Waals surface area contributed by atoms with Gasteiger partial charge in [-0.2, -0.15) is 5.10 Å². The Bertz CT molecular complexity index is 758. The molecule has 0 amide bonds. The Morgan fingerprint density at radius 1 is 1.27 bits per heavy atom. The summed E-state index contributed by atoms with van der Waals surface area (Å²) in [5, 5.41) is 11.0. The first-order chi connectivity index (χ1) is 12.0. The lowest BCUT2D eigenvalue weighted by molar-refractivity contribution is 0.311. The summed E-state index contributed by atoms with van der Waals surface area (Å²) in [5.41, 5.74) is 4.21. The number of halogens is 1. The highest BCUT2D eigenvalue weighted by Crippen LogP contribution is 2.30. The fourth-order valence-corrected chi connectivity index (χ4v) is 2.58. The lowest BCUT2D eigenvalue weighted by atomic mass is 10.2. The van der Waals surface area contributed by atoms with Crippen LogP contribution < -0.4 is 20.1 Å². The predicted octanol–water partition coefficient (Wildman–Crippen LogP) is 3.25. The minimum atomic E-state index is 0. The number of rotatable bonds is 6. The molecule has 8 heteroatoms. The maximum atomic E-state index is 5.61. The number of aryl methyl sites for hydroxylation is 2. The van der Waals surface area contributed by atoms with Crippen molar-refractivity contribution in [1.82, 2.24) is 15.1 Å². The molecule has 144 valence electrons. The smallest absolute Gasteiger partial charge is 0.195 e. The van der Waals surface area contributed by atoms with Gasteiger partial charge in [0.25, 0.3) is 0 Å². The minimum Gasteiger partial charge on any atom is -0.493 e. The summed E-state index contributed by atoms with van der Waals surface area (Å²) in [6.45, 7) is 7.24. The number of aromatic nitrogens is 2. The van der Waals surface area contributed by atoms with Gasteiger partial charge in [0.1, 0.15) is 0 Å². The molecule has 0 aliphatic rings. The van der Waals surface area contributed by atoms with Crippen LogP contribution in [0.3, 0.4) is 0 Å². The Kier molecular flexibility index (Phi) is 8.70. The molecule has 0 saturated carbocycles. The van der Waals surface area contributed by atoms with E-state index in [0.29, 0.717) is 30.6 Å². The van der Waals surface area contributed by atoms with Crippen LogP contribution in [0, 0.1) is 13.8 Å². The Labute approximate surface area is 172 Å². The van der Waals surface area contributed by atoms with Crippen LogP contribution in [0.2, 0.25) is 0 Å². The van der Waals surface area contributed by atoms with Crippen molar-refractivity contribution < 1.29 is 9.47 Å². The van der Waals surface area contributed by atoms with Gasteiger partial charge in [-0.3, -0.25) is 9.67 Å². The van der Waals surface area contributed by atoms with E-state index in [1.54, 1.807) is 14.2 Å². The molecular formula is C18H28IN5O2. The number of aliphatic imine (C=N–C) groups is 1. The number of methoxy groups -OCH3 is 1. The van der Waals surface area contributed by atoms with Crippen molar-refractivity contribution in [3.05, 3.63) is 35.2 Å². The summed E-state index contributed by atoms with van der Waals surface area (Å²) in [6, 6.07) is 5.70. The fourth-order valence-electron chi connectivity index (χ4n) is 2.58. The largest absolute Gasteiger partial charge is 0.493 e. The zero-order chi connectivity index (χ0) is 18.4. The van der Waals surface area contributed by atoms with Crippen LogP contribution in [0.4, 0.5) is 5.69 Å². The quantitative estimate of drug-likeness (QED) is 0.383. The molecule has 1 aromatic carbocycles. The normalized spacial score (nSPS) is 10.9. The van der Waals surface area contributed by atoms with E-state index in [2.05, 4.69) is 27.6 Å². The molecule has 26 heavy (non-hydrogen) atoms. The summed E-state index contributed by atoms with van der Waals surface area (Å²) in [5.74, 6) is 2.08. The lowest BCUT2D eigenvalue weighted by Crippen LogP contribution is -2.30. The number of anilines is 1. The van der Waals surface area contributed by atoms with Crippen molar-refractivity contribution in [1.29, 1.82) is 0 Å². The van der Waals surface area contributed by atoms with Crippen LogP contribution in [-0.2, 0) is 13.6 Å². The zero-order valence-corrected chi connectivity index (χ0v) is 18.5. The summed E-state index contributed by atoms with van der Waals surface area (Å²) < 4.78 is 12.8. The van der Waals surface area contributed by atoms with Gasteiger partial charge in [0.2, 0.25) is 0 Å². The second-order valence-corrected chi connectivity index (χ2v) is 5.62. The summed E-state index contributed by atoms with van der Waals surface area (Å²) in [4.78, 5) is 4.28. The summed E-state index contributed by atoms with van der Waals surface area (Å²) in [7, 11) is 5.32. The Morgan fingerprint density at radius 3 is 2.54 bits per heavy atom. The van der Waals surface area contributed by atoms with Crippen molar-refractivity contribution >= 4 is 35.6 Å². The topological polar surface area (TPSA) is 72.7 Å². The Balaban J connectivity index is 0.00000338. The van der Waals surface area contributed by atoms with Crippen LogP contribution in [0.15, 0.2) is 23.2 Å². The van der Waals surface area contributed by atoms with E-state index in [9.17, 15) is 0 Å². The monoisotopic (exact) mass is 473 g/mol. The van der Waals surface area contributed by atoms with Crippen molar-refractivity contribution in [2.45, 2.75) is 27.3 Å². The van der Waals surface area contributed by atoms with Crippen molar-refractivity contribution in [3.63, 3.8) is 0 Å². The van der Waals surface area contributed by atoms with Gasteiger partial charge in [-0.25, -0.2) is 0 Å². The molecule has 2 rings (SSSR count). The molecular weight excluding hydrogens is 445 g/mol. The third kappa shape index (κ3) is 5.26. The fraction of sp³-hybridized carbons (Fsp3) is 0.444. The summed E-state index contributed by atoms with van der Waals surface area (Å²) >= 11 is 0. The highest BCUT2D eigenvalue weighted by atomic mass is 127. The van der Waals surface area contributed by atoms with Gasteiger partial charge in [-0.15, -0.1) is 24.0 Å². The molecule has 2 N–H and O–H groups in total. The number of hydrogen-bond donors (Lipinski definition) is 2. The van der Waals surface area contributed by atoms with Crippen molar-refractivity contribution in [3.8, 4) is 11.5 Å². The van der Waals surface area contributed by atoms with Gasteiger partial charge >= 0.3 is 0 Å². The first-order valence-corrected chi connectivity index (χ1v) is 8.27. The van der Waals surface area contributed by atoms with Gasteiger partial charge < -0.3 is 20.1 Å². The minimum absolute atomic E-state index is 0. The average molecular weight is 473 g/mol. The molecule has 2 aromatic rings. The molecule has 7 nitrogen and oxygen atoms in total. The number of hydrogen-bond acceptors (Lipinski definition) is 4.